The van der Waals surface area contributed by atoms with E-state index >= 15 is 0 Å². The molecule has 1 aliphatic heterocycles. The molecule has 2 fully saturated rings. The fourth-order valence-corrected chi connectivity index (χ4v) is 4.58. The van der Waals surface area contributed by atoms with E-state index in [-0.39, 0.29) is 5.56 Å². The van der Waals surface area contributed by atoms with Gasteiger partial charge < -0.3 is 15.0 Å². The van der Waals surface area contributed by atoms with Crippen molar-refractivity contribution >= 4 is 28.5 Å². The number of hydrogen-bond donors (Lipinski definition) is 1. The average Bonchev–Trinajstić information content (AvgIpc) is 3.40. The highest BCUT2D eigenvalue weighted by Crippen LogP contribution is 2.39. The molecule has 1 saturated carbocycles. The summed E-state index contributed by atoms with van der Waals surface area (Å²) < 4.78 is 7.72. The molecular formula is C19H25ClN4O2. The summed E-state index contributed by atoms with van der Waals surface area (Å²) in [4.78, 5) is 19.1. The summed E-state index contributed by atoms with van der Waals surface area (Å²) in [7, 11) is 1.53. The fraction of sp³-hybridized carbons (Fsp3) is 0.579. The van der Waals surface area contributed by atoms with Crippen LogP contribution < -0.4 is 10.5 Å². The molecular weight excluding hydrogens is 352 g/mol. The van der Waals surface area contributed by atoms with Crippen molar-refractivity contribution < 1.29 is 9.53 Å². The van der Waals surface area contributed by atoms with Gasteiger partial charge in [-0.05, 0) is 45.2 Å². The van der Waals surface area contributed by atoms with Crippen LogP contribution in [0.4, 0.5) is 0 Å². The van der Waals surface area contributed by atoms with E-state index in [1.54, 1.807) is 6.07 Å². The summed E-state index contributed by atoms with van der Waals surface area (Å²) in [6.45, 7) is 4.19. The molecule has 140 valence electrons. The number of benzene rings is 1. The minimum atomic E-state index is -0.563. The first kappa shape index (κ1) is 17.6. The Bertz CT molecular complexity index is 859. The summed E-state index contributed by atoms with van der Waals surface area (Å²) in [6.07, 6.45) is 6.16. The Balaban J connectivity index is 1.84. The number of amides is 1. The fourth-order valence-electron chi connectivity index (χ4n) is 4.29. The zero-order valence-corrected chi connectivity index (χ0v) is 16.1. The van der Waals surface area contributed by atoms with Crippen molar-refractivity contribution in [1.82, 2.24) is 14.5 Å². The van der Waals surface area contributed by atoms with E-state index in [2.05, 4.69) is 9.47 Å². The maximum atomic E-state index is 11.8. The van der Waals surface area contributed by atoms with E-state index in [1.807, 2.05) is 6.92 Å². The van der Waals surface area contributed by atoms with Gasteiger partial charge in [-0.15, -0.1) is 0 Å². The molecule has 1 aromatic carbocycles. The SMILES string of the molecule is COc1c(C(N)=O)cc(Cl)c2c1nc(C)n2C1CCCCN(C2CC2)C1. The summed E-state index contributed by atoms with van der Waals surface area (Å²) >= 11 is 6.59. The van der Waals surface area contributed by atoms with Crippen LogP contribution in [0.3, 0.4) is 0 Å². The molecule has 1 aliphatic carbocycles. The number of rotatable bonds is 4. The third-order valence-corrected chi connectivity index (χ3v) is 5.91. The molecule has 2 aromatic rings. The van der Waals surface area contributed by atoms with Gasteiger partial charge in [-0.25, -0.2) is 4.98 Å². The number of methoxy groups -OCH3 is 1. The van der Waals surface area contributed by atoms with Gasteiger partial charge in [-0.2, -0.15) is 0 Å². The highest BCUT2D eigenvalue weighted by molar-refractivity contribution is 6.36. The second-order valence-corrected chi connectivity index (χ2v) is 7.81. The normalized spacial score (nSPS) is 21.7. The minimum Gasteiger partial charge on any atom is -0.494 e. The molecule has 7 heteroatoms. The number of nitrogens with two attached hydrogens (primary N) is 1. The number of likely N-dealkylation sites (tertiary alicyclic amines) is 1. The van der Waals surface area contributed by atoms with Crippen molar-refractivity contribution in [1.29, 1.82) is 0 Å². The topological polar surface area (TPSA) is 73.4 Å². The van der Waals surface area contributed by atoms with Gasteiger partial charge in [0.1, 0.15) is 11.3 Å². The molecule has 0 spiro atoms. The van der Waals surface area contributed by atoms with Gasteiger partial charge in [0.05, 0.1) is 23.2 Å². The number of primary amides is 1. The van der Waals surface area contributed by atoms with Gasteiger partial charge in [0.15, 0.2) is 5.75 Å². The zero-order chi connectivity index (χ0) is 18.4. The predicted molar refractivity (Wildman–Crippen MR) is 102 cm³/mol. The average molecular weight is 377 g/mol. The second kappa shape index (κ2) is 6.74. The minimum absolute atomic E-state index is 0.273. The lowest BCUT2D eigenvalue weighted by Gasteiger charge is -2.26. The lowest BCUT2D eigenvalue weighted by molar-refractivity contribution is 0.0997. The van der Waals surface area contributed by atoms with Crippen LogP contribution in [-0.2, 0) is 0 Å². The quantitative estimate of drug-likeness (QED) is 0.888. The van der Waals surface area contributed by atoms with Crippen molar-refractivity contribution in [2.45, 2.75) is 51.1 Å². The van der Waals surface area contributed by atoms with Crippen LogP contribution in [0.5, 0.6) is 5.75 Å². The Labute approximate surface area is 158 Å². The molecule has 1 atom stereocenters. The van der Waals surface area contributed by atoms with Crippen LogP contribution in [0.15, 0.2) is 6.07 Å². The predicted octanol–water partition coefficient (Wildman–Crippen LogP) is 3.30. The first-order chi connectivity index (χ1) is 12.5. The van der Waals surface area contributed by atoms with Crippen LogP contribution >= 0.6 is 11.6 Å². The number of aryl methyl sites for hydroxylation is 1. The van der Waals surface area contributed by atoms with E-state index in [1.165, 1.54) is 39.3 Å². The third-order valence-electron chi connectivity index (χ3n) is 5.62. The number of carbonyl (C=O) groups excluding carboxylic acids is 1. The molecule has 2 heterocycles. The van der Waals surface area contributed by atoms with Gasteiger partial charge in [0, 0.05) is 18.6 Å². The van der Waals surface area contributed by atoms with Crippen LogP contribution in [0.2, 0.25) is 5.02 Å². The molecule has 1 aromatic heterocycles. The molecule has 26 heavy (non-hydrogen) atoms. The number of halogens is 1. The van der Waals surface area contributed by atoms with E-state index in [0.717, 1.165) is 30.3 Å². The summed E-state index contributed by atoms with van der Waals surface area (Å²) in [5, 5.41) is 0.498. The number of carbonyl (C=O) groups is 1. The number of ether oxygens (including phenoxy) is 1. The first-order valence-corrected chi connectivity index (χ1v) is 9.68. The molecule has 0 radical (unpaired) electrons. The van der Waals surface area contributed by atoms with Gasteiger partial charge in [-0.3, -0.25) is 9.69 Å². The molecule has 4 rings (SSSR count). The summed E-state index contributed by atoms with van der Waals surface area (Å²) in [6, 6.07) is 2.68. The van der Waals surface area contributed by atoms with E-state index in [9.17, 15) is 4.79 Å². The third kappa shape index (κ3) is 2.95. The van der Waals surface area contributed by atoms with Crippen LogP contribution in [-0.4, -0.2) is 46.6 Å². The standard InChI is InChI=1S/C19H25ClN4O2/c1-11-22-16-17(15(20)9-14(19(21)25)18(16)26-2)24(11)13-5-3-4-8-23(10-13)12-6-7-12/h9,12-13H,3-8,10H2,1-2H3,(H2,21,25). The molecule has 1 unspecified atom stereocenters. The van der Waals surface area contributed by atoms with Crippen molar-refractivity contribution in [3.63, 3.8) is 0 Å². The Kier molecular flexibility index (Phi) is 4.57. The van der Waals surface area contributed by atoms with Crippen molar-refractivity contribution in [2.75, 3.05) is 20.2 Å². The number of aromatic nitrogens is 2. The van der Waals surface area contributed by atoms with Gasteiger partial charge in [0.25, 0.3) is 5.91 Å². The van der Waals surface area contributed by atoms with Gasteiger partial charge in [0.2, 0.25) is 0 Å². The van der Waals surface area contributed by atoms with Crippen molar-refractivity contribution in [2.24, 2.45) is 5.73 Å². The number of fused-ring (bicyclic) bond motifs is 1. The Morgan fingerprint density at radius 1 is 1.31 bits per heavy atom. The smallest absolute Gasteiger partial charge is 0.252 e. The Morgan fingerprint density at radius 3 is 2.73 bits per heavy atom. The number of imidazole rings is 1. The summed E-state index contributed by atoms with van der Waals surface area (Å²) in [5.74, 6) is 0.739. The maximum Gasteiger partial charge on any atom is 0.252 e. The lowest BCUT2D eigenvalue weighted by Crippen LogP contribution is -2.32. The number of hydrogen-bond acceptors (Lipinski definition) is 4. The van der Waals surface area contributed by atoms with Crippen LogP contribution in [0, 0.1) is 6.92 Å². The lowest BCUT2D eigenvalue weighted by atomic mass is 10.1. The largest absolute Gasteiger partial charge is 0.494 e. The monoisotopic (exact) mass is 376 g/mol. The molecule has 0 bridgehead atoms. The van der Waals surface area contributed by atoms with E-state index in [4.69, 9.17) is 27.1 Å². The van der Waals surface area contributed by atoms with E-state index < -0.39 is 5.91 Å². The van der Waals surface area contributed by atoms with E-state index in [0.29, 0.717) is 22.3 Å². The molecule has 6 nitrogen and oxygen atoms in total. The second-order valence-electron chi connectivity index (χ2n) is 7.41. The van der Waals surface area contributed by atoms with Gasteiger partial charge >= 0.3 is 0 Å². The summed E-state index contributed by atoms with van der Waals surface area (Å²) in [5.41, 5.74) is 7.23. The number of nitrogens with zero attached hydrogens (tertiary/aromatic N) is 3. The highest BCUT2D eigenvalue weighted by atomic mass is 35.5. The van der Waals surface area contributed by atoms with Crippen LogP contribution in [0.25, 0.3) is 11.0 Å². The maximum absolute atomic E-state index is 11.8. The highest BCUT2D eigenvalue weighted by Gasteiger charge is 2.33. The zero-order valence-electron chi connectivity index (χ0n) is 15.3. The van der Waals surface area contributed by atoms with Crippen molar-refractivity contribution in [3.8, 4) is 5.75 Å². The molecule has 1 saturated heterocycles. The Hall–Kier alpha value is -1.79. The molecule has 2 N–H and O–H groups in total. The van der Waals surface area contributed by atoms with Crippen molar-refractivity contribution in [3.05, 3.63) is 22.5 Å². The Morgan fingerprint density at radius 2 is 2.08 bits per heavy atom. The molecule has 1 amide bonds. The van der Waals surface area contributed by atoms with Crippen LogP contribution in [0.1, 0.15) is 54.3 Å². The molecule has 2 aliphatic rings. The van der Waals surface area contributed by atoms with Gasteiger partial charge in [-0.1, -0.05) is 18.0 Å². The first-order valence-electron chi connectivity index (χ1n) is 9.30.